The molecule has 13 heteroatoms. The van der Waals surface area contributed by atoms with Crippen LogP contribution in [0.4, 0.5) is 19.0 Å². The van der Waals surface area contributed by atoms with Gasteiger partial charge in [0.25, 0.3) is 5.82 Å². The van der Waals surface area contributed by atoms with Gasteiger partial charge in [0, 0.05) is 52.2 Å². The maximum absolute atomic E-state index is 13.2. The second-order valence-electron chi connectivity index (χ2n) is 10.6. The molecule has 3 aromatic rings. The molecule has 1 N–H and O–H groups in total. The zero-order chi connectivity index (χ0) is 28.5. The molecule has 5 rings (SSSR count). The van der Waals surface area contributed by atoms with Gasteiger partial charge in [-0.1, -0.05) is 12.1 Å². The van der Waals surface area contributed by atoms with E-state index in [2.05, 4.69) is 27.1 Å². The molecule has 2 saturated heterocycles. The lowest BCUT2D eigenvalue weighted by Crippen LogP contribution is -2.43. The van der Waals surface area contributed by atoms with Gasteiger partial charge in [-0.25, -0.2) is 0 Å². The van der Waals surface area contributed by atoms with Crippen LogP contribution in [0.25, 0.3) is 5.65 Å². The molecule has 0 unspecified atom stereocenters. The van der Waals surface area contributed by atoms with E-state index in [1.807, 2.05) is 34.1 Å². The minimum absolute atomic E-state index is 0.0207. The number of fused-ring (bicyclic) bond motifs is 1. The topological polar surface area (TPSA) is 99.3 Å². The van der Waals surface area contributed by atoms with Crippen LogP contribution < -0.4 is 9.64 Å². The summed E-state index contributed by atoms with van der Waals surface area (Å²) in [6.07, 6.45) is -2.93. The summed E-state index contributed by atoms with van der Waals surface area (Å²) in [5, 5.41) is 22.3. The van der Waals surface area contributed by atoms with E-state index in [-0.39, 0.29) is 17.6 Å². The Labute approximate surface area is 230 Å². The number of carbonyl (C=O) groups is 1. The fraction of sp³-hybridized carbons (Fsp3) is 0.556. The number of rotatable bonds is 6. The van der Waals surface area contributed by atoms with Crippen molar-refractivity contribution in [3.63, 3.8) is 0 Å². The Bertz CT molecular complexity index is 1320. The molecule has 2 fully saturated rings. The molecular formula is C27H34F3N7O3. The second-order valence-corrected chi connectivity index (χ2v) is 10.6. The highest BCUT2D eigenvalue weighted by Gasteiger charge is 2.38. The molecule has 216 valence electrons. The third-order valence-corrected chi connectivity index (χ3v) is 7.90. The number of benzene rings is 1. The summed E-state index contributed by atoms with van der Waals surface area (Å²) in [5.74, 6) is 0.0309. The highest BCUT2D eigenvalue weighted by Crippen LogP contribution is 2.35. The van der Waals surface area contributed by atoms with Crippen molar-refractivity contribution in [3.05, 3.63) is 47.8 Å². The van der Waals surface area contributed by atoms with Crippen LogP contribution in [0.15, 0.2) is 36.4 Å². The first-order valence-electron chi connectivity index (χ1n) is 13.5. The van der Waals surface area contributed by atoms with Gasteiger partial charge in [-0.05, 0) is 56.0 Å². The Kier molecular flexibility index (Phi) is 7.87. The molecule has 1 atom stereocenters. The van der Waals surface area contributed by atoms with Crippen LogP contribution in [0.3, 0.4) is 0 Å². The quantitative estimate of drug-likeness (QED) is 0.491. The standard InChI is InChI=1S/C27H34F3N7O3/c1-19(34-12-3-13-35(17-16-34)20(2)38)18-40-22-6-4-21(5-7-22)26(39)10-14-36(15-11-26)24-9-8-23-31-32-25(27(28,29)30)37(23)33-24/h4-9,19,39H,3,10-18H2,1-2H3/t19-/m0/s1. The smallest absolute Gasteiger partial charge is 0.453 e. The van der Waals surface area contributed by atoms with Crippen LogP contribution in [0.1, 0.15) is 44.5 Å². The van der Waals surface area contributed by atoms with E-state index in [0.29, 0.717) is 48.6 Å². The Balaban J connectivity index is 1.16. The maximum atomic E-state index is 13.2. The molecule has 0 bridgehead atoms. The number of carbonyl (C=O) groups excluding carboxylic acids is 1. The van der Waals surface area contributed by atoms with Crippen LogP contribution in [0, 0.1) is 0 Å². The lowest BCUT2D eigenvalue weighted by Gasteiger charge is -2.39. The van der Waals surface area contributed by atoms with Crippen molar-refractivity contribution >= 4 is 17.4 Å². The van der Waals surface area contributed by atoms with Crippen LogP contribution in [0.2, 0.25) is 0 Å². The highest BCUT2D eigenvalue weighted by molar-refractivity contribution is 5.73. The number of ether oxygens (including phenoxy) is 1. The predicted molar refractivity (Wildman–Crippen MR) is 141 cm³/mol. The summed E-state index contributed by atoms with van der Waals surface area (Å²) in [7, 11) is 0. The molecular weight excluding hydrogens is 527 g/mol. The lowest BCUT2D eigenvalue weighted by atomic mass is 9.84. The minimum Gasteiger partial charge on any atom is -0.492 e. The van der Waals surface area contributed by atoms with Gasteiger partial charge in [0.1, 0.15) is 18.2 Å². The number of aromatic nitrogens is 4. The second kappa shape index (κ2) is 11.2. The average molecular weight is 562 g/mol. The Hall–Kier alpha value is -3.45. The first-order chi connectivity index (χ1) is 19.0. The molecule has 2 aliphatic rings. The molecule has 0 saturated carbocycles. The Morgan fingerprint density at radius 2 is 1.75 bits per heavy atom. The number of alkyl halides is 3. The fourth-order valence-electron chi connectivity index (χ4n) is 5.40. The Morgan fingerprint density at radius 1 is 1.02 bits per heavy atom. The van der Waals surface area contributed by atoms with Crippen LogP contribution in [-0.2, 0) is 16.6 Å². The normalized spacial score (nSPS) is 19.4. The van der Waals surface area contributed by atoms with Crippen molar-refractivity contribution in [3.8, 4) is 5.75 Å². The van der Waals surface area contributed by atoms with Gasteiger partial charge in [-0.15, -0.1) is 15.3 Å². The predicted octanol–water partition coefficient (Wildman–Crippen LogP) is 2.95. The zero-order valence-corrected chi connectivity index (χ0v) is 22.6. The maximum Gasteiger partial charge on any atom is 0.453 e. The van der Waals surface area contributed by atoms with Crippen molar-refractivity contribution < 1.29 is 27.8 Å². The number of hydrogen-bond donors (Lipinski definition) is 1. The van der Waals surface area contributed by atoms with E-state index in [4.69, 9.17) is 4.74 Å². The van der Waals surface area contributed by atoms with Crippen molar-refractivity contribution in [2.75, 3.05) is 50.8 Å². The molecule has 4 heterocycles. The van der Waals surface area contributed by atoms with Crippen molar-refractivity contribution in [1.29, 1.82) is 0 Å². The number of piperidine rings is 1. The molecule has 2 aliphatic heterocycles. The summed E-state index contributed by atoms with van der Waals surface area (Å²) < 4.78 is 46.5. The fourth-order valence-corrected chi connectivity index (χ4v) is 5.40. The summed E-state index contributed by atoms with van der Waals surface area (Å²) >= 11 is 0. The van der Waals surface area contributed by atoms with Crippen LogP contribution in [0.5, 0.6) is 5.75 Å². The first-order valence-corrected chi connectivity index (χ1v) is 13.5. The summed E-state index contributed by atoms with van der Waals surface area (Å²) in [5.41, 5.74) is -0.271. The third kappa shape index (κ3) is 5.99. The molecule has 1 amide bonds. The lowest BCUT2D eigenvalue weighted by molar-refractivity contribution is -0.146. The van der Waals surface area contributed by atoms with E-state index in [0.717, 1.165) is 38.2 Å². The van der Waals surface area contributed by atoms with Gasteiger partial charge in [0.05, 0.1) is 5.60 Å². The highest BCUT2D eigenvalue weighted by atomic mass is 19.4. The van der Waals surface area contributed by atoms with Crippen molar-refractivity contribution in [2.45, 2.75) is 50.9 Å². The molecule has 10 nitrogen and oxygen atoms in total. The average Bonchev–Trinajstić information content (AvgIpc) is 3.21. The van der Waals surface area contributed by atoms with E-state index in [9.17, 15) is 23.1 Å². The van der Waals surface area contributed by atoms with E-state index in [1.54, 1.807) is 13.0 Å². The molecule has 2 aromatic heterocycles. The summed E-state index contributed by atoms with van der Waals surface area (Å²) in [6.45, 7) is 8.34. The zero-order valence-electron chi connectivity index (χ0n) is 22.6. The largest absolute Gasteiger partial charge is 0.492 e. The van der Waals surface area contributed by atoms with Gasteiger partial charge < -0.3 is 19.6 Å². The summed E-state index contributed by atoms with van der Waals surface area (Å²) in [6, 6.07) is 10.7. The van der Waals surface area contributed by atoms with Gasteiger partial charge in [-0.2, -0.15) is 17.7 Å². The number of anilines is 1. The van der Waals surface area contributed by atoms with Gasteiger partial charge in [0.15, 0.2) is 5.65 Å². The molecule has 0 aliphatic carbocycles. The van der Waals surface area contributed by atoms with E-state index in [1.165, 1.54) is 6.07 Å². The third-order valence-electron chi connectivity index (χ3n) is 7.90. The van der Waals surface area contributed by atoms with Gasteiger partial charge in [0.2, 0.25) is 5.91 Å². The number of nitrogens with zero attached hydrogens (tertiary/aromatic N) is 7. The number of hydrogen-bond acceptors (Lipinski definition) is 8. The molecule has 0 spiro atoms. The van der Waals surface area contributed by atoms with Crippen molar-refractivity contribution in [1.82, 2.24) is 29.6 Å². The van der Waals surface area contributed by atoms with Gasteiger partial charge in [-0.3, -0.25) is 9.69 Å². The van der Waals surface area contributed by atoms with E-state index >= 15 is 0 Å². The SMILES string of the molecule is CC(=O)N1CCCN([C@@H](C)COc2ccc(C3(O)CCN(c4ccc5nnc(C(F)(F)F)n5n4)CC3)cc2)CC1. The Morgan fingerprint density at radius 3 is 2.42 bits per heavy atom. The number of amides is 1. The molecule has 0 radical (unpaired) electrons. The number of aliphatic hydroxyl groups is 1. The number of halogens is 3. The molecule has 1 aromatic carbocycles. The van der Waals surface area contributed by atoms with E-state index < -0.39 is 17.6 Å². The summed E-state index contributed by atoms with van der Waals surface area (Å²) in [4.78, 5) is 17.8. The monoisotopic (exact) mass is 561 g/mol. The minimum atomic E-state index is -4.66. The van der Waals surface area contributed by atoms with Crippen LogP contribution in [-0.4, -0.2) is 92.5 Å². The van der Waals surface area contributed by atoms with Crippen LogP contribution >= 0.6 is 0 Å². The van der Waals surface area contributed by atoms with Crippen molar-refractivity contribution in [2.24, 2.45) is 0 Å². The molecule has 40 heavy (non-hydrogen) atoms. The first kappa shape index (κ1) is 28.1. The van der Waals surface area contributed by atoms with Gasteiger partial charge >= 0.3 is 6.18 Å².